The van der Waals surface area contributed by atoms with Crippen molar-refractivity contribution in [1.82, 2.24) is 5.32 Å². The molecule has 118 valence electrons. The fourth-order valence-electron chi connectivity index (χ4n) is 2.32. The van der Waals surface area contributed by atoms with Gasteiger partial charge in [-0.05, 0) is 37.0 Å². The van der Waals surface area contributed by atoms with Gasteiger partial charge in [0.05, 0.1) is 17.7 Å². The average Bonchev–Trinajstić information content (AvgIpc) is 2.43. The van der Waals surface area contributed by atoms with Gasteiger partial charge in [0.15, 0.2) is 0 Å². The molecule has 1 aromatic carbocycles. The van der Waals surface area contributed by atoms with E-state index in [-0.39, 0.29) is 12.1 Å². The van der Waals surface area contributed by atoms with Gasteiger partial charge in [-0.2, -0.15) is 18.4 Å². The average molecular weight is 312 g/mol. The van der Waals surface area contributed by atoms with E-state index in [1.54, 1.807) is 0 Å². The highest BCUT2D eigenvalue weighted by molar-refractivity contribution is 5.86. The van der Waals surface area contributed by atoms with Crippen molar-refractivity contribution in [2.24, 2.45) is 5.41 Å². The number of halogens is 3. The Labute approximate surface area is 125 Å². The van der Waals surface area contributed by atoms with Crippen molar-refractivity contribution >= 4 is 5.91 Å². The number of carbonyl (C=O) groups excluding carboxylic acids is 1. The number of hydrogen-bond donors (Lipinski definition) is 2. The van der Waals surface area contributed by atoms with Crippen molar-refractivity contribution in [2.75, 3.05) is 6.54 Å². The number of rotatable bonds is 4. The number of benzene rings is 1. The zero-order chi connectivity index (χ0) is 16.4. The van der Waals surface area contributed by atoms with Gasteiger partial charge < -0.3 is 10.4 Å². The first kappa shape index (κ1) is 16.3. The van der Waals surface area contributed by atoms with Crippen LogP contribution in [-0.2, 0) is 11.0 Å². The van der Waals surface area contributed by atoms with Crippen LogP contribution in [0.4, 0.5) is 13.2 Å². The van der Waals surface area contributed by atoms with E-state index < -0.39 is 29.2 Å². The number of aliphatic hydroxyl groups excluding tert-OH is 1. The van der Waals surface area contributed by atoms with Crippen LogP contribution in [0.2, 0.25) is 0 Å². The summed E-state index contributed by atoms with van der Waals surface area (Å²) in [6.07, 6.45) is -4.03. The van der Waals surface area contributed by atoms with Crippen LogP contribution in [0.3, 0.4) is 0 Å². The number of carbonyl (C=O) groups is 1. The number of aliphatic hydroxyl groups is 1. The molecule has 1 aromatic rings. The molecule has 0 heterocycles. The third kappa shape index (κ3) is 3.22. The number of hydrogen-bond acceptors (Lipinski definition) is 3. The van der Waals surface area contributed by atoms with Crippen molar-refractivity contribution < 1.29 is 23.1 Å². The van der Waals surface area contributed by atoms with Crippen LogP contribution < -0.4 is 5.32 Å². The Morgan fingerprint density at radius 1 is 1.45 bits per heavy atom. The second-order valence-corrected chi connectivity index (χ2v) is 5.40. The molecule has 1 saturated carbocycles. The molecule has 0 bridgehead atoms. The molecule has 2 rings (SSSR count). The minimum Gasteiger partial charge on any atom is -0.387 e. The largest absolute Gasteiger partial charge is 0.416 e. The second kappa shape index (κ2) is 5.97. The van der Waals surface area contributed by atoms with E-state index in [1.165, 1.54) is 12.1 Å². The van der Waals surface area contributed by atoms with E-state index in [9.17, 15) is 23.1 Å². The van der Waals surface area contributed by atoms with Gasteiger partial charge in [0.2, 0.25) is 5.91 Å². The molecular weight excluding hydrogens is 297 g/mol. The first-order valence-electron chi connectivity index (χ1n) is 6.83. The van der Waals surface area contributed by atoms with Gasteiger partial charge in [-0.1, -0.05) is 12.1 Å². The van der Waals surface area contributed by atoms with E-state index in [0.717, 1.165) is 18.6 Å². The Morgan fingerprint density at radius 3 is 2.64 bits per heavy atom. The van der Waals surface area contributed by atoms with Crippen LogP contribution in [0.1, 0.15) is 36.5 Å². The van der Waals surface area contributed by atoms with Gasteiger partial charge in [-0.15, -0.1) is 0 Å². The molecule has 1 amide bonds. The molecule has 0 aromatic heterocycles. The van der Waals surface area contributed by atoms with Gasteiger partial charge >= 0.3 is 6.18 Å². The maximum Gasteiger partial charge on any atom is 0.416 e. The van der Waals surface area contributed by atoms with Crippen LogP contribution in [0.5, 0.6) is 0 Å². The lowest BCUT2D eigenvalue weighted by atomic mass is 9.69. The molecule has 4 nitrogen and oxygen atoms in total. The molecule has 1 aliphatic carbocycles. The lowest BCUT2D eigenvalue weighted by molar-refractivity contribution is -0.137. The molecular formula is C15H15F3N2O2. The highest BCUT2D eigenvalue weighted by atomic mass is 19.4. The molecule has 2 N–H and O–H groups in total. The molecule has 0 radical (unpaired) electrons. The minimum absolute atomic E-state index is 0.0646. The molecule has 1 unspecified atom stereocenters. The van der Waals surface area contributed by atoms with Gasteiger partial charge in [0.1, 0.15) is 5.41 Å². The van der Waals surface area contributed by atoms with Crippen molar-refractivity contribution in [3.63, 3.8) is 0 Å². The molecule has 7 heteroatoms. The monoisotopic (exact) mass is 312 g/mol. The molecule has 1 aliphatic rings. The first-order chi connectivity index (χ1) is 10.3. The summed E-state index contributed by atoms with van der Waals surface area (Å²) in [4.78, 5) is 11.9. The van der Waals surface area contributed by atoms with Gasteiger partial charge in [0, 0.05) is 6.54 Å². The number of alkyl halides is 3. The van der Waals surface area contributed by atoms with Crippen molar-refractivity contribution in [3.05, 3.63) is 35.4 Å². The molecule has 1 atom stereocenters. The number of amides is 1. The third-order valence-electron chi connectivity index (χ3n) is 3.91. The summed E-state index contributed by atoms with van der Waals surface area (Å²) in [5, 5.41) is 21.4. The molecule has 22 heavy (non-hydrogen) atoms. The van der Waals surface area contributed by atoms with Crippen LogP contribution in [-0.4, -0.2) is 17.6 Å². The molecule has 0 saturated heterocycles. The predicted octanol–water partition coefficient (Wildman–Crippen LogP) is 2.55. The fraction of sp³-hybridized carbons (Fsp3) is 0.467. The maximum absolute atomic E-state index is 12.6. The van der Waals surface area contributed by atoms with Gasteiger partial charge in [-0.25, -0.2) is 0 Å². The summed E-state index contributed by atoms with van der Waals surface area (Å²) in [7, 11) is 0. The molecule has 0 aliphatic heterocycles. The van der Waals surface area contributed by atoms with Gasteiger partial charge in [-0.3, -0.25) is 4.79 Å². The topological polar surface area (TPSA) is 73.1 Å². The predicted molar refractivity (Wildman–Crippen MR) is 71.3 cm³/mol. The molecule has 1 fully saturated rings. The Kier molecular flexibility index (Phi) is 4.42. The highest BCUT2D eigenvalue weighted by Crippen LogP contribution is 2.40. The number of nitrogens with one attached hydrogen (secondary N) is 1. The normalized spacial score (nSPS) is 18.0. The summed E-state index contributed by atoms with van der Waals surface area (Å²) in [6.45, 7) is -0.233. The third-order valence-corrected chi connectivity index (χ3v) is 3.91. The van der Waals surface area contributed by atoms with Crippen molar-refractivity contribution in [3.8, 4) is 6.07 Å². The fourth-order valence-corrected chi connectivity index (χ4v) is 2.32. The van der Waals surface area contributed by atoms with Crippen LogP contribution >= 0.6 is 0 Å². The maximum atomic E-state index is 12.6. The Morgan fingerprint density at radius 2 is 2.14 bits per heavy atom. The standard InChI is InChI=1S/C15H15F3N2O2/c16-15(17,18)11-4-1-3-10(7-11)12(21)8-20-13(22)14(9-19)5-2-6-14/h1,3-4,7,12,21H,2,5-6,8H2,(H,20,22). The quantitative estimate of drug-likeness (QED) is 0.897. The SMILES string of the molecule is N#CC1(C(=O)NCC(O)c2cccc(C(F)(F)F)c2)CCC1. The smallest absolute Gasteiger partial charge is 0.387 e. The van der Waals surface area contributed by atoms with Crippen LogP contribution in [0, 0.1) is 16.7 Å². The lowest BCUT2D eigenvalue weighted by Crippen LogP contribution is -2.45. The van der Waals surface area contributed by atoms with E-state index >= 15 is 0 Å². The second-order valence-electron chi connectivity index (χ2n) is 5.40. The van der Waals surface area contributed by atoms with Crippen LogP contribution in [0.25, 0.3) is 0 Å². The Balaban J connectivity index is 2.00. The minimum atomic E-state index is -4.49. The Bertz CT molecular complexity index is 604. The Hall–Kier alpha value is -2.07. The number of nitriles is 1. The van der Waals surface area contributed by atoms with E-state index in [0.29, 0.717) is 12.8 Å². The lowest BCUT2D eigenvalue weighted by Gasteiger charge is -2.33. The summed E-state index contributed by atoms with van der Waals surface area (Å²) >= 11 is 0. The summed E-state index contributed by atoms with van der Waals surface area (Å²) in [6, 6.07) is 6.28. The van der Waals surface area contributed by atoms with E-state index in [1.807, 2.05) is 6.07 Å². The zero-order valence-electron chi connectivity index (χ0n) is 11.7. The van der Waals surface area contributed by atoms with Crippen LogP contribution in [0.15, 0.2) is 24.3 Å². The highest BCUT2D eigenvalue weighted by Gasteiger charge is 2.44. The summed E-state index contributed by atoms with van der Waals surface area (Å²) in [5.74, 6) is -0.479. The summed E-state index contributed by atoms with van der Waals surface area (Å²) < 4.78 is 37.8. The van der Waals surface area contributed by atoms with Crippen molar-refractivity contribution in [1.29, 1.82) is 5.26 Å². The summed E-state index contributed by atoms with van der Waals surface area (Å²) in [5.41, 5.74) is -1.84. The first-order valence-corrected chi connectivity index (χ1v) is 6.83. The van der Waals surface area contributed by atoms with Crippen molar-refractivity contribution in [2.45, 2.75) is 31.5 Å². The van der Waals surface area contributed by atoms with E-state index in [4.69, 9.17) is 5.26 Å². The zero-order valence-corrected chi connectivity index (χ0v) is 11.7. The van der Waals surface area contributed by atoms with Gasteiger partial charge in [0.25, 0.3) is 0 Å². The molecule has 0 spiro atoms. The van der Waals surface area contributed by atoms with E-state index in [2.05, 4.69) is 5.32 Å². The number of nitrogens with zero attached hydrogens (tertiary/aromatic N) is 1.